The maximum atomic E-state index is 14.3. The fourth-order valence-corrected chi connectivity index (χ4v) is 8.46. The third kappa shape index (κ3) is 9.83. The van der Waals surface area contributed by atoms with E-state index in [0.717, 1.165) is 36.8 Å². The van der Waals surface area contributed by atoms with Crippen molar-refractivity contribution < 1.29 is 48.3 Å². The lowest BCUT2D eigenvalue weighted by Crippen LogP contribution is -2.63. The van der Waals surface area contributed by atoms with Gasteiger partial charge < -0.3 is 38.7 Å². The van der Waals surface area contributed by atoms with Gasteiger partial charge in [0.1, 0.15) is 42.0 Å². The van der Waals surface area contributed by atoms with Crippen LogP contribution in [0.25, 0.3) is 0 Å². The fraction of sp³-hybridized carbons (Fsp3) is 0.614. The second-order valence-electron chi connectivity index (χ2n) is 17.0. The predicted molar refractivity (Wildman–Crippen MR) is 218 cm³/mol. The Balaban J connectivity index is 1.85. The molecule has 5 rings (SSSR count). The van der Waals surface area contributed by atoms with Gasteiger partial charge >= 0.3 is 11.9 Å². The van der Waals surface area contributed by atoms with Crippen LogP contribution in [-0.2, 0) is 19.0 Å². The van der Waals surface area contributed by atoms with E-state index < -0.39 is 40.9 Å². The van der Waals surface area contributed by atoms with Crippen molar-refractivity contribution in [1.82, 2.24) is 15.0 Å². The van der Waals surface area contributed by atoms with Crippen LogP contribution in [0.15, 0.2) is 60.3 Å². The van der Waals surface area contributed by atoms with Gasteiger partial charge in [0.05, 0.1) is 18.2 Å². The number of hydrogen-bond donors (Lipinski definition) is 2. The molecule has 58 heavy (non-hydrogen) atoms. The molecule has 6 atom stereocenters. The average molecular weight is 807 g/mol. The van der Waals surface area contributed by atoms with Crippen molar-refractivity contribution in [2.24, 2.45) is 22.9 Å². The number of fused-ring (bicyclic) bond motifs is 2. The number of allylic oxidation sites excluding steroid dienone is 1. The number of esters is 2. The molecule has 0 bridgehead atoms. The molecular formula is C44H62N4O10. The molecule has 0 amide bonds. The Bertz CT molecular complexity index is 1840. The molecule has 2 aliphatic carbocycles. The van der Waals surface area contributed by atoms with Crippen LogP contribution in [0.5, 0.6) is 11.5 Å². The highest BCUT2D eigenvalue weighted by Gasteiger charge is 2.65. The number of nitrogens with zero attached hydrogens (tertiary/aromatic N) is 4. The fourth-order valence-electron chi connectivity index (χ4n) is 8.46. The van der Waals surface area contributed by atoms with Crippen LogP contribution in [0.1, 0.15) is 132 Å². The molecule has 14 heteroatoms. The van der Waals surface area contributed by atoms with Gasteiger partial charge in [0.25, 0.3) is 0 Å². The van der Waals surface area contributed by atoms with E-state index in [1.54, 1.807) is 53.7 Å². The third-order valence-electron chi connectivity index (χ3n) is 10.5. The first-order chi connectivity index (χ1) is 27.6. The zero-order valence-electron chi connectivity index (χ0n) is 35.2. The van der Waals surface area contributed by atoms with E-state index in [-0.39, 0.29) is 55.4 Å². The first-order valence-corrected chi connectivity index (χ1v) is 20.5. The lowest BCUT2D eigenvalue weighted by Gasteiger charge is -2.58. The Morgan fingerprint density at radius 3 is 2.29 bits per heavy atom. The maximum absolute atomic E-state index is 14.3. The molecule has 2 heterocycles. The van der Waals surface area contributed by atoms with E-state index >= 15 is 0 Å². The summed E-state index contributed by atoms with van der Waals surface area (Å²) in [5, 5.41) is 33.2. The highest BCUT2D eigenvalue weighted by Crippen LogP contribution is 2.63. The SMILES string of the molecule is C=CCOc1ccc2c(c1)[C@H]1[C@H](CCCCO)[C@@H](CCCCO)C=C3C(=NOCC)C[C@H](n4nnc(C(=O)OC(C)(C)C)c4C(=O)OC(C)(C)C)[C@@](OCC=C)(O2)[C@H]31. The molecule has 2 aromatic rings. The molecule has 1 aromatic carbocycles. The molecule has 0 saturated heterocycles. The minimum atomic E-state index is -1.58. The summed E-state index contributed by atoms with van der Waals surface area (Å²) in [6.45, 7) is 20.9. The van der Waals surface area contributed by atoms with Gasteiger partial charge in [-0.1, -0.05) is 48.0 Å². The van der Waals surface area contributed by atoms with E-state index in [0.29, 0.717) is 43.3 Å². The van der Waals surface area contributed by atoms with Gasteiger partial charge in [-0.2, -0.15) is 0 Å². The van der Waals surface area contributed by atoms with Gasteiger partial charge in [0.15, 0.2) is 5.69 Å². The summed E-state index contributed by atoms with van der Waals surface area (Å²) >= 11 is 0. The molecule has 1 saturated carbocycles. The van der Waals surface area contributed by atoms with Crippen molar-refractivity contribution in [2.75, 3.05) is 33.0 Å². The summed E-state index contributed by atoms with van der Waals surface area (Å²) in [5.74, 6) is -2.83. The summed E-state index contributed by atoms with van der Waals surface area (Å²) in [6.07, 6.45) is 10.1. The Labute approximate surface area is 342 Å². The molecule has 3 aliphatic rings. The van der Waals surface area contributed by atoms with Gasteiger partial charge in [-0.15, -0.1) is 11.7 Å². The van der Waals surface area contributed by atoms with Crippen LogP contribution in [0.2, 0.25) is 0 Å². The number of carbonyl (C=O) groups excluding carboxylic acids is 2. The quantitative estimate of drug-likeness (QED) is 0.0630. The summed E-state index contributed by atoms with van der Waals surface area (Å²) in [7, 11) is 0. The summed E-state index contributed by atoms with van der Waals surface area (Å²) in [6, 6.07) is 4.76. The van der Waals surface area contributed by atoms with Gasteiger partial charge in [0.2, 0.25) is 11.5 Å². The van der Waals surface area contributed by atoms with Gasteiger partial charge in [-0.3, -0.25) is 0 Å². The monoisotopic (exact) mass is 806 g/mol. The number of aliphatic hydroxyl groups is 2. The van der Waals surface area contributed by atoms with Crippen molar-refractivity contribution >= 4 is 17.7 Å². The van der Waals surface area contributed by atoms with Crippen LogP contribution in [0.4, 0.5) is 0 Å². The summed E-state index contributed by atoms with van der Waals surface area (Å²) < 4.78 is 33.3. The van der Waals surface area contributed by atoms with E-state index in [1.165, 1.54) is 4.68 Å². The number of ether oxygens (including phenoxy) is 5. The minimum Gasteiger partial charge on any atom is -0.490 e. The van der Waals surface area contributed by atoms with Crippen LogP contribution in [0.3, 0.4) is 0 Å². The second-order valence-corrected chi connectivity index (χ2v) is 17.0. The van der Waals surface area contributed by atoms with Crippen molar-refractivity contribution in [1.29, 1.82) is 0 Å². The molecule has 1 fully saturated rings. The van der Waals surface area contributed by atoms with E-state index in [4.69, 9.17) is 33.7 Å². The number of carbonyl (C=O) groups is 2. The van der Waals surface area contributed by atoms with Crippen molar-refractivity contribution in [3.05, 3.63) is 72.1 Å². The molecule has 14 nitrogen and oxygen atoms in total. The van der Waals surface area contributed by atoms with E-state index in [2.05, 4.69) is 29.5 Å². The topological polar surface area (TPSA) is 173 Å². The zero-order valence-corrected chi connectivity index (χ0v) is 35.2. The van der Waals surface area contributed by atoms with Crippen LogP contribution >= 0.6 is 0 Å². The Morgan fingerprint density at radius 2 is 1.66 bits per heavy atom. The Morgan fingerprint density at radius 1 is 0.983 bits per heavy atom. The van der Waals surface area contributed by atoms with Gasteiger partial charge in [-0.25, -0.2) is 14.3 Å². The molecule has 0 radical (unpaired) electrons. The molecule has 0 unspecified atom stereocenters. The van der Waals surface area contributed by atoms with Crippen molar-refractivity contribution in [3.63, 3.8) is 0 Å². The zero-order chi connectivity index (χ0) is 42.3. The first kappa shape index (κ1) is 44.6. The number of benzene rings is 1. The predicted octanol–water partition coefficient (Wildman–Crippen LogP) is 7.28. The van der Waals surface area contributed by atoms with E-state index in [1.807, 2.05) is 25.1 Å². The normalized spacial score (nSPS) is 24.5. The largest absolute Gasteiger partial charge is 0.490 e. The number of unbranched alkanes of at least 4 members (excludes halogenated alkanes) is 2. The Hall–Kier alpha value is -4.53. The first-order valence-electron chi connectivity index (χ1n) is 20.5. The van der Waals surface area contributed by atoms with E-state index in [9.17, 15) is 19.8 Å². The molecule has 1 aromatic heterocycles. The second kappa shape index (κ2) is 19.0. The number of aromatic nitrogens is 3. The smallest absolute Gasteiger partial charge is 0.362 e. The van der Waals surface area contributed by atoms with Gasteiger partial charge in [0, 0.05) is 31.1 Å². The lowest BCUT2D eigenvalue weighted by atomic mass is 9.55. The lowest BCUT2D eigenvalue weighted by molar-refractivity contribution is -0.252. The number of aliphatic hydroxyl groups excluding tert-OH is 2. The standard InChI is InChI=1S/C44H62N4O10/c1-10-23-53-29-19-20-34-32(26-29)36-30(18-14-16-22-50)28(17-13-15-21-49)25-31-33(46-55-12-3)27-35(44(56-34,37(31)36)54-24-11-2)48-39(41(52)58-43(7,8)9)38(45-47-48)40(51)57-42(4,5)6/h10-11,19-20,25-26,28,30,35-37,49-50H,1-2,12-18,21-24,27H2,3-9H3/t28-,30+,35-,36+,37+,44+/m0/s1. The van der Waals surface area contributed by atoms with Crippen molar-refractivity contribution in [2.45, 2.75) is 122 Å². The number of oxime groups is 1. The molecular weight excluding hydrogens is 745 g/mol. The molecule has 1 aliphatic heterocycles. The molecule has 318 valence electrons. The van der Waals surface area contributed by atoms with Crippen LogP contribution < -0.4 is 9.47 Å². The van der Waals surface area contributed by atoms with Crippen molar-refractivity contribution in [3.8, 4) is 11.5 Å². The number of rotatable bonds is 19. The maximum Gasteiger partial charge on any atom is 0.362 e. The summed E-state index contributed by atoms with van der Waals surface area (Å²) in [5.41, 5.74) is 0.0328. The third-order valence-corrected chi connectivity index (χ3v) is 10.5. The van der Waals surface area contributed by atoms with Crippen LogP contribution in [-0.4, -0.2) is 92.9 Å². The van der Waals surface area contributed by atoms with Gasteiger partial charge in [-0.05, 0) is 110 Å². The highest BCUT2D eigenvalue weighted by atomic mass is 16.7. The number of hydrogen-bond acceptors (Lipinski definition) is 13. The highest BCUT2D eigenvalue weighted by molar-refractivity contribution is 6.03. The average Bonchev–Trinajstić information content (AvgIpc) is 3.61. The molecule has 2 N–H and O–H groups in total. The summed E-state index contributed by atoms with van der Waals surface area (Å²) in [4.78, 5) is 33.9. The molecule has 0 spiro atoms. The van der Waals surface area contributed by atoms with Crippen LogP contribution in [0, 0.1) is 17.8 Å². The minimum absolute atomic E-state index is 0.00786. The Kier molecular flexibility index (Phi) is 14.6.